The molecule has 2 N–H and O–H groups in total. The van der Waals surface area contributed by atoms with Crippen LogP contribution < -0.4 is 5.32 Å². The standard InChI is InChI=1S/C14H13N5O2/c1-9-4-5-15-7-10(9)8-16-14-17-12-3-2-11(19(20)21)6-13(12)18-14/h2-7H,8H2,1H3,(H2,16,17,18). The Kier molecular flexibility index (Phi) is 3.23. The van der Waals surface area contributed by atoms with E-state index in [-0.39, 0.29) is 5.69 Å². The molecule has 3 rings (SSSR count). The fourth-order valence-electron chi connectivity index (χ4n) is 2.06. The molecule has 0 aliphatic rings. The molecule has 0 radical (unpaired) electrons. The number of aromatic nitrogens is 3. The van der Waals surface area contributed by atoms with E-state index in [0.717, 1.165) is 11.1 Å². The van der Waals surface area contributed by atoms with Crippen LogP contribution in [0, 0.1) is 17.0 Å². The number of non-ortho nitro benzene ring substituents is 1. The van der Waals surface area contributed by atoms with Gasteiger partial charge in [-0.2, -0.15) is 0 Å². The van der Waals surface area contributed by atoms with Gasteiger partial charge in [-0.1, -0.05) is 0 Å². The van der Waals surface area contributed by atoms with E-state index < -0.39 is 4.92 Å². The summed E-state index contributed by atoms with van der Waals surface area (Å²) < 4.78 is 0. The molecule has 21 heavy (non-hydrogen) atoms. The van der Waals surface area contributed by atoms with Crippen molar-refractivity contribution in [3.63, 3.8) is 0 Å². The number of rotatable bonds is 4. The van der Waals surface area contributed by atoms with Crippen molar-refractivity contribution in [3.05, 3.63) is 57.9 Å². The second kappa shape index (κ2) is 5.20. The van der Waals surface area contributed by atoms with Gasteiger partial charge in [0, 0.05) is 31.1 Å². The Morgan fingerprint density at radius 1 is 1.38 bits per heavy atom. The quantitative estimate of drug-likeness (QED) is 0.567. The third kappa shape index (κ3) is 2.66. The average Bonchev–Trinajstić information content (AvgIpc) is 2.88. The third-order valence-electron chi connectivity index (χ3n) is 3.27. The molecule has 0 fully saturated rings. The van der Waals surface area contributed by atoms with E-state index in [1.165, 1.54) is 12.1 Å². The summed E-state index contributed by atoms with van der Waals surface area (Å²) in [6, 6.07) is 6.49. The Morgan fingerprint density at radius 3 is 3.00 bits per heavy atom. The maximum Gasteiger partial charge on any atom is 0.271 e. The summed E-state index contributed by atoms with van der Waals surface area (Å²) >= 11 is 0. The van der Waals surface area contributed by atoms with Gasteiger partial charge in [-0.25, -0.2) is 4.98 Å². The van der Waals surface area contributed by atoms with Gasteiger partial charge in [-0.3, -0.25) is 15.1 Å². The summed E-state index contributed by atoms with van der Waals surface area (Å²) in [5.41, 5.74) is 3.58. The summed E-state index contributed by atoms with van der Waals surface area (Å²) in [5, 5.41) is 13.9. The zero-order valence-electron chi connectivity index (χ0n) is 11.3. The van der Waals surface area contributed by atoms with Gasteiger partial charge in [0.05, 0.1) is 16.0 Å². The van der Waals surface area contributed by atoms with Crippen LogP contribution >= 0.6 is 0 Å². The van der Waals surface area contributed by atoms with Crippen LogP contribution in [0.15, 0.2) is 36.7 Å². The number of nitrogens with one attached hydrogen (secondary N) is 2. The third-order valence-corrected chi connectivity index (χ3v) is 3.27. The van der Waals surface area contributed by atoms with E-state index in [0.29, 0.717) is 23.5 Å². The Labute approximate surface area is 120 Å². The van der Waals surface area contributed by atoms with Crippen molar-refractivity contribution in [2.24, 2.45) is 0 Å². The number of benzene rings is 1. The molecular weight excluding hydrogens is 270 g/mol. The number of anilines is 1. The van der Waals surface area contributed by atoms with E-state index in [9.17, 15) is 10.1 Å². The van der Waals surface area contributed by atoms with Crippen LogP contribution in [-0.4, -0.2) is 19.9 Å². The number of aryl methyl sites for hydroxylation is 1. The lowest BCUT2D eigenvalue weighted by atomic mass is 10.2. The van der Waals surface area contributed by atoms with Crippen molar-refractivity contribution in [2.75, 3.05) is 5.32 Å². The lowest BCUT2D eigenvalue weighted by molar-refractivity contribution is -0.384. The minimum absolute atomic E-state index is 0.0424. The second-order valence-corrected chi connectivity index (χ2v) is 4.70. The molecule has 0 unspecified atom stereocenters. The Hall–Kier alpha value is -2.96. The number of nitro groups is 1. The first-order chi connectivity index (χ1) is 10.1. The smallest absolute Gasteiger partial charge is 0.271 e. The summed E-state index contributed by atoms with van der Waals surface area (Å²) in [6.07, 6.45) is 3.55. The van der Waals surface area contributed by atoms with Gasteiger partial charge in [0.25, 0.3) is 5.69 Å². The van der Waals surface area contributed by atoms with Crippen LogP contribution in [0.3, 0.4) is 0 Å². The molecule has 2 heterocycles. The molecule has 106 valence electrons. The molecule has 0 amide bonds. The number of nitro benzene ring substituents is 1. The number of imidazole rings is 1. The fraction of sp³-hybridized carbons (Fsp3) is 0.143. The van der Waals surface area contributed by atoms with Gasteiger partial charge in [0.2, 0.25) is 5.95 Å². The molecule has 0 saturated carbocycles. The zero-order valence-corrected chi connectivity index (χ0v) is 11.3. The van der Waals surface area contributed by atoms with Crippen LogP contribution in [0.2, 0.25) is 0 Å². The molecular formula is C14H13N5O2. The normalized spacial score (nSPS) is 10.7. The Morgan fingerprint density at radius 2 is 2.24 bits per heavy atom. The van der Waals surface area contributed by atoms with Crippen molar-refractivity contribution in [1.29, 1.82) is 0 Å². The van der Waals surface area contributed by atoms with Gasteiger partial charge in [-0.05, 0) is 30.2 Å². The van der Waals surface area contributed by atoms with E-state index in [2.05, 4.69) is 20.3 Å². The predicted molar refractivity (Wildman–Crippen MR) is 79.0 cm³/mol. The maximum atomic E-state index is 10.7. The van der Waals surface area contributed by atoms with Crippen LogP contribution in [0.25, 0.3) is 11.0 Å². The Balaban J connectivity index is 1.82. The van der Waals surface area contributed by atoms with Crippen LogP contribution in [0.4, 0.5) is 11.6 Å². The van der Waals surface area contributed by atoms with E-state index in [1.54, 1.807) is 18.5 Å². The maximum absolute atomic E-state index is 10.7. The lowest BCUT2D eigenvalue weighted by Crippen LogP contribution is -2.02. The predicted octanol–water partition coefficient (Wildman–Crippen LogP) is 2.79. The van der Waals surface area contributed by atoms with Crippen LogP contribution in [0.1, 0.15) is 11.1 Å². The molecule has 1 aromatic carbocycles. The lowest BCUT2D eigenvalue weighted by Gasteiger charge is -2.05. The highest BCUT2D eigenvalue weighted by atomic mass is 16.6. The molecule has 0 atom stereocenters. The topological polar surface area (TPSA) is 96.7 Å². The first-order valence-corrected chi connectivity index (χ1v) is 6.41. The summed E-state index contributed by atoms with van der Waals surface area (Å²) in [4.78, 5) is 21.8. The van der Waals surface area contributed by atoms with E-state index >= 15 is 0 Å². The fourth-order valence-corrected chi connectivity index (χ4v) is 2.06. The van der Waals surface area contributed by atoms with Crippen LogP contribution in [0.5, 0.6) is 0 Å². The zero-order chi connectivity index (χ0) is 14.8. The SMILES string of the molecule is Cc1ccncc1CNc1nc2ccc([N+](=O)[O-])cc2[nH]1. The number of nitrogens with zero attached hydrogens (tertiary/aromatic N) is 3. The van der Waals surface area contributed by atoms with Crippen molar-refractivity contribution in [3.8, 4) is 0 Å². The highest BCUT2D eigenvalue weighted by Gasteiger charge is 2.09. The monoisotopic (exact) mass is 283 g/mol. The number of pyridine rings is 1. The largest absolute Gasteiger partial charge is 0.352 e. The van der Waals surface area contributed by atoms with Crippen molar-refractivity contribution in [2.45, 2.75) is 13.5 Å². The summed E-state index contributed by atoms with van der Waals surface area (Å²) in [7, 11) is 0. The molecule has 0 spiro atoms. The number of hydrogen-bond acceptors (Lipinski definition) is 5. The summed E-state index contributed by atoms with van der Waals surface area (Å²) in [5.74, 6) is 0.578. The number of H-pyrrole nitrogens is 1. The molecule has 0 saturated heterocycles. The van der Waals surface area contributed by atoms with Gasteiger partial charge < -0.3 is 10.3 Å². The highest BCUT2D eigenvalue weighted by molar-refractivity contribution is 5.79. The molecule has 7 heteroatoms. The molecule has 2 aromatic heterocycles. The first kappa shape index (κ1) is 13.0. The van der Waals surface area contributed by atoms with Gasteiger partial charge in [0.1, 0.15) is 0 Å². The molecule has 3 aromatic rings. The Bertz CT molecular complexity index is 812. The van der Waals surface area contributed by atoms with Crippen molar-refractivity contribution >= 4 is 22.7 Å². The number of fused-ring (bicyclic) bond motifs is 1. The van der Waals surface area contributed by atoms with E-state index in [1.807, 2.05) is 13.0 Å². The minimum Gasteiger partial charge on any atom is -0.352 e. The average molecular weight is 283 g/mol. The summed E-state index contributed by atoms with van der Waals surface area (Å²) in [6.45, 7) is 2.60. The highest BCUT2D eigenvalue weighted by Crippen LogP contribution is 2.20. The van der Waals surface area contributed by atoms with Crippen molar-refractivity contribution < 1.29 is 4.92 Å². The van der Waals surface area contributed by atoms with Gasteiger partial charge in [-0.15, -0.1) is 0 Å². The molecule has 7 nitrogen and oxygen atoms in total. The molecule has 0 aliphatic carbocycles. The molecule has 0 aliphatic heterocycles. The molecule has 0 bridgehead atoms. The second-order valence-electron chi connectivity index (χ2n) is 4.70. The first-order valence-electron chi connectivity index (χ1n) is 6.41. The van der Waals surface area contributed by atoms with Crippen molar-refractivity contribution in [1.82, 2.24) is 15.0 Å². The van der Waals surface area contributed by atoms with Gasteiger partial charge >= 0.3 is 0 Å². The van der Waals surface area contributed by atoms with E-state index in [4.69, 9.17) is 0 Å². The number of hydrogen-bond donors (Lipinski definition) is 2. The minimum atomic E-state index is -0.424. The van der Waals surface area contributed by atoms with Crippen LogP contribution in [-0.2, 0) is 6.54 Å². The number of aromatic amines is 1. The van der Waals surface area contributed by atoms with Gasteiger partial charge in [0.15, 0.2) is 0 Å².